The van der Waals surface area contributed by atoms with E-state index >= 15 is 0 Å². The van der Waals surface area contributed by atoms with Crippen molar-refractivity contribution in [2.24, 2.45) is 17.3 Å². The summed E-state index contributed by atoms with van der Waals surface area (Å²) in [7, 11) is 0. The van der Waals surface area contributed by atoms with Crippen LogP contribution in [0, 0.1) is 17.3 Å². The Morgan fingerprint density at radius 1 is 1.33 bits per heavy atom. The molecule has 2 saturated carbocycles. The van der Waals surface area contributed by atoms with Crippen LogP contribution in [0.3, 0.4) is 0 Å². The van der Waals surface area contributed by atoms with E-state index in [4.69, 9.17) is 5.11 Å². The van der Waals surface area contributed by atoms with Crippen molar-refractivity contribution in [2.75, 3.05) is 19.7 Å². The second kappa shape index (κ2) is 6.39. The van der Waals surface area contributed by atoms with Crippen molar-refractivity contribution < 1.29 is 28.2 Å². The lowest BCUT2D eigenvalue weighted by Crippen LogP contribution is -2.60. The number of amides is 1. The molecule has 1 aromatic heterocycles. The highest BCUT2D eigenvalue weighted by Crippen LogP contribution is 2.64. The number of halogens is 3. The topological polar surface area (TPSA) is 78.6 Å². The van der Waals surface area contributed by atoms with Crippen molar-refractivity contribution in [2.45, 2.75) is 50.2 Å². The first-order chi connectivity index (χ1) is 12.7. The molecular weight excluding hydrogens is 363 g/mol. The molecule has 2 aliphatic carbocycles. The zero-order valence-electron chi connectivity index (χ0n) is 14.9. The Bertz CT molecular complexity index is 708. The Morgan fingerprint density at radius 3 is 2.52 bits per heavy atom. The van der Waals surface area contributed by atoms with E-state index in [0.29, 0.717) is 25.2 Å². The van der Waals surface area contributed by atoms with E-state index in [1.165, 1.54) is 4.90 Å². The first kappa shape index (κ1) is 18.6. The van der Waals surface area contributed by atoms with E-state index in [2.05, 4.69) is 5.10 Å². The summed E-state index contributed by atoms with van der Waals surface area (Å²) in [4.78, 5) is 12.4. The molecule has 0 bridgehead atoms. The van der Waals surface area contributed by atoms with Crippen LogP contribution in [0.1, 0.15) is 49.6 Å². The van der Waals surface area contributed by atoms with E-state index in [1.54, 1.807) is 10.9 Å². The predicted octanol–water partition coefficient (Wildman–Crippen LogP) is 3.25. The lowest BCUT2D eigenvalue weighted by molar-refractivity contribution is -0.245. The molecule has 6 nitrogen and oxygen atoms in total. The molecule has 4 rings (SSSR count). The fourth-order valence-corrected chi connectivity index (χ4v) is 5.14. The third kappa shape index (κ3) is 3.19. The van der Waals surface area contributed by atoms with Gasteiger partial charge in [-0.15, -0.1) is 0 Å². The lowest BCUT2D eigenvalue weighted by Gasteiger charge is -2.60. The number of carboxylic acid groups (broad SMARTS) is 1. The van der Waals surface area contributed by atoms with Crippen molar-refractivity contribution in [1.82, 2.24) is 14.7 Å². The summed E-state index contributed by atoms with van der Waals surface area (Å²) in [5.74, 6) is -2.13. The minimum atomic E-state index is -4.50. The van der Waals surface area contributed by atoms with E-state index in [9.17, 15) is 23.1 Å². The number of likely N-dealkylation sites (tertiary alicyclic amines) is 1. The van der Waals surface area contributed by atoms with Gasteiger partial charge >= 0.3 is 12.3 Å². The van der Waals surface area contributed by atoms with Crippen LogP contribution in [0.5, 0.6) is 0 Å². The molecule has 150 valence electrons. The molecule has 1 aromatic rings. The first-order valence-corrected chi connectivity index (χ1v) is 9.45. The Balaban J connectivity index is 1.59. The summed E-state index contributed by atoms with van der Waals surface area (Å²) in [6.45, 7) is -0.478. The maximum Gasteiger partial charge on any atom is 0.407 e. The van der Waals surface area contributed by atoms with Crippen LogP contribution in [-0.2, 0) is 0 Å². The van der Waals surface area contributed by atoms with Crippen LogP contribution in [0.25, 0.3) is 0 Å². The highest BCUT2D eigenvalue weighted by molar-refractivity contribution is 5.65. The molecule has 27 heavy (non-hydrogen) atoms. The number of hydrogen-bond acceptors (Lipinski definition) is 3. The van der Waals surface area contributed by atoms with Crippen molar-refractivity contribution in [3.8, 4) is 0 Å². The van der Waals surface area contributed by atoms with Gasteiger partial charge in [0.2, 0.25) is 0 Å². The van der Waals surface area contributed by atoms with E-state index < -0.39 is 42.2 Å². The van der Waals surface area contributed by atoms with Gasteiger partial charge < -0.3 is 15.1 Å². The van der Waals surface area contributed by atoms with Gasteiger partial charge in [0, 0.05) is 25.2 Å². The van der Waals surface area contributed by atoms with Gasteiger partial charge in [0.25, 0.3) is 0 Å². The minimum absolute atomic E-state index is 0.237. The molecule has 2 unspecified atom stereocenters. The maximum absolute atomic E-state index is 13.7. The number of aliphatic hydroxyl groups excluding tert-OH is 1. The van der Waals surface area contributed by atoms with Gasteiger partial charge in [-0.1, -0.05) is 0 Å². The molecule has 9 heteroatoms. The van der Waals surface area contributed by atoms with E-state index in [1.807, 2.05) is 6.20 Å². The van der Waals surface area contributed by atoms with Gasteiger partial charge in [0.05, 0.1) is 24.8 Å². The van der Waals surface area contributed by atoms with Crippen LogP contribution in [0.2, 0.25) is 0 Å². The largest absolute Gasteiger partial charge is 0.465 e. The average Bonchev–Trinajstić information content (AvgIpc) is 3.34. The van der Waals surface area contributed by atoms with Crippen LogP contribution < -0.4 is 0 Å². The van der Waals surface area contributed by atoms with Gasteiger partial charge in [0.15, 0.2) is 0 Å². The predicted molar refractivity (Wildman–Crippen MR) is 89.2 cm³/mol. The standard InChI is InChI=1S/C18H24F3N3O3/c19-18(20,21)13(10-25)15-14(24-9-12(8-22-24)11-1-2-11)7-17(15)3-5-23(6-4-17)16(26)27/h8-9,11,13-15,25H,1-7,10H2,(H,26,27)/t13?,14-,15?/m1/s1. The summed E-state index contributed by atoms with van der Waals surface area (Å²) in [6.07, 6.45) is 1.59. The third-order valence-electron chi connectivity index (χ3n) is 6.83. The van der Waals surface area contributed by atoms with E-state index in [-0.39, 0.29) is 13.1 Å². The molecule has 1 saturated heterocycles. The summed E-state index contributed by atoms with van der Waals surface area (Å²) >= 11 is 0. The number of aromatic nitrogens is 2. The lowest BCUT2D eigenvalue weighted by atomic mass is 9.49. The molecule has 1 amide bonds. The fourth-order valence-electron chi connectivity index (χ4n) is 5.14. The van der Waals surface area contributed by atoms with Crippen LogP contribution in [-0.4, -0.2) is 56.9 Å². The molecule has 1 spiro atoms. The highest BCUT2D eigenvalue weighted by atomic mass is 19.4. The molecule has 3 atom stereocenters. The van der Waals surface area contributed by atoms with Gasteiger partial charge in [-0.05, 0) is 49.0 Å². The molecule has 3 fully saturated rings. The first-order valence-electron chi connectivity index (χ1n) is 9.45. The molecule has 0 aromatic carbocycles. The van der Waals surface area contributed by atoms with Crippen molar-refractivity contribution in [3.63, 3.8) is 0 Å². The molecule has 1 aliphatic heterocycles. The number of aliphatic hydroxyl groups is 1. The molecule has 2 N–H and O–H groups in total. The van der Waals surface area contributed by atoms with Gasteiger partial charge in [-0.25, -0.2) is 4.79 Å². The SMILES string of the molecule is O=C(O)N1CCC2(CC1)C[C@@H](n1cc(C3CC3)cn1)C2C(CO)C(F)(F)F. The second-order valence-electron chi connectivity index (χ2n) is 8.29. The number of alkyl halides is 3. The number of piperidine rings is 1. The highest BCUT2D eigenvalue weighted by Gasteiger charge is 2.63. The van der Waals surface area contributed by atoms with Crippen LogP contribution in [0.15, 0.2) is 12.4 Å². The number of carbonyl (C=O) groups is 1. The fraction of sp³-hybridized carbons (Fsp3) is 0.778. The molecule has 0 radical (unpaired) electrons. The second-order valence-corrected chi connectivity index (χ2v) is 8.29. The average molecular weight is 387 g/mol. The quantitative estimate of drug-likeness (QED) is 0.831. The normalized spacial score (nSPS) is 28.8. The number of nitrogens with zero attached hydrogens (tertiary/aromatic N) is 3. The molecule has 2 heterocycles. The zero-order valence-corrected chi connectivity index (χ0v) is 14.9. The molecule has 3 aliphatic rings. The minimum Gasteiger partial charge on any atom is -0.465 e. The summed E-state index contributed by atoms with van der Waals surface area (Å²) in [5, 5.41) is 23.0. The Labute approximate surface area is 155 Å². The maximum atomic E-state index is 13.7. The Morgan fingerprint density at radius 2 is 2.00 bits per heavy atom. The van der Waals surface area contributed by atoms with Gasteiger partial charge in [-0.3, -0.25) is 4.68 Å². The van der Waals surface area contributed by atoms with Gasteiger partial charge in [0.1, 0.15) is 0 Å². The summed E-state index contributed by atoms with van der Waals surface area (Å²) < 4.78 is 42.7. The summed E-state index contributed by atoms with van der Waals surface area (Å²) in [5.41, 5.74) is 0.480. The van der Waals surface area contributed by atoms with Crippen LogP contribution >= 0.6 is 0 Å². The summed E-state index contributed by atoms with van der Waals surface area (Å²) in [6, 6.07) is -0.410. The van der Waals surface area contributed by atoms with Crippen molar-refractivity contribution in [3.05, 3.63) is 18.0 Å². The monoisotopic (exact) mass is 387 g/mol. The van der Waals surface area contributed by atoms with Gasteiger partial charge in [-0.2, -0.15) is 18.3 Å². The third-order valence-corrected chi connectivity index (χ3v) is 6.83. The number of hydrogen-bond donors (Lipinski definition) is 2. The van der Waals surface area contributed by atoms with Crippen LogP contribution in [0.4, 0.5) is 18.0 Å². The Kier molecular flexibility index (Phi) is 4.40. The zero-order chi connectivity index (χ0) is 19.4. The Hall–Kier alpha value is -1.77. The smallest absolute Gasteiger partial charge is 0.407 e. The van der Waals surface area contributed by atoms with Crippen molar-refractivity contribution in [1.29, 1.82) is 0 Å². The molecular formula is C18H24F3N3O3. The van der Waals surface area contributed by atoms with E-state index in [0.717, 1.165) is 18.4 Å². The number of rotatable bonds is 4. The van der Waals surface area contributed by atoms with Crippen molar-refractivity contribution >= 4 is 6.09 Å².